The van der Waals surface area contributed by atoms with Gasteiger partial charge in [-0.3, -0.25) is 10.2 Å². The molecule has 4 heteroatoms. The van der Waals surface area contributed by atoms with E-state index < -0.39 is 11.3 Å². The fraction of sp³-hybridized carbons (Fsp3) is 0.857. The second kappa shape index (κ2) is 1.95. The molecule has 0 saturated heterocycles. The Labute approximate surface area is 66.1 Å². The van der Waals surface area contributed by atoms with Crippen LogP contribution in [0.5, 0.6) is 0 Å². The van der Waals surface area contributed by atoms with Gasteiger partial charge in [0.1, 0.15) is 11.4 Å². The van der Waals surface area contributed by atoms with Gasteiger partial charge in [-0.2, -0.15) is 0 Å². The Morgan fingerprint density at radius 2 is 1.82 bits per heavy atom. The SMILES string of the molecule is CC1=NC(C)(C)C(C)(O)N1O. The molecular formula is C7H14N2O2. The maximum atomic E-state index is 9.72. The van der Waals surface area contributed by atoms with Crippen LogP contribution in [-0.2, 0) is 0 Å². The van der Waals surface area contributed by atoms with Crippen molar-refractivity contribution in [2.45, 2.75) is 39.0 Å². The lowest BCUT2D eigenvalue weighted by Gasteiger charge is -2.34. The van der Waals surface area contributed by atoms with Gasteiger partial charge in [-0.25, -0.2) is 5.06 Å². The molecule has 1 atom stereocenters. The van der Waals surface area contributed by atoms with Crippen molar-refractivity contribution in [3.63, 3.8) is 0 Å². The van der Waals surface area contributed by atoms with Crippen LogP contribution >= 0.6 is 0 Å². The van der Waals surface area contributed by atoms with Crippen LogP contribution in [0.15, 0.2) is 4.99 Å². The molecule has 11 heavy (non-hydrogen) atoms. The largest absolute Gasteiger partial charge is 0.367 e. The molecule has 0 radical (unpaired) electrons. The minimum Gasteiger partial charge on any atom is -0.367 e. The Kier molecular flexibility index (Phi) is 1.51. The van der Waals surface area contributed by atoms with Gasteiger partial charge in [0.15, 0.2) is 5.72 Å². The fourth-order valence-corrected chi connectivity index (χ4v) is 1.13. The summed E-state index contributed by atoms with van der Waals surface area (Å²) in [7, 11) is 0. The molecule has 0 aromatic heterocycles. The summed E-state index contributed by atoms with van der Waals surface area (Å²) in [5.74, 6) is 0.444. The van der Waals surface area contributed by atoms with E-state index in [0.717, 1.165) is 5.06 Å². The number of hydroxylamine groups is 2. The number of aliphatic imine (C=N–C) groups is 1. The Morgan fingerprint density at radius 3 is 1.91 bits per heavy atom. The van der Waals surface area contributed by atoms with Gasteiger partial charge in [0.2, 0.25) is 0 Å². The molecule has 0 saturated carbocycles. The van der Waals surface area contributed by atoms with Gasteiger partial charge in [-0.05, 0) is 27.7 Å². The first-order valence-corrected chi connectivity index (χ1v) is 3.57. The molecule has 1 aliphatic rings. The van der Waals surface area contributed by atoms with Crippen molar-refractivity contribution in [1.29, 1.82) is 0 Å². The van der Waals surface area contributed by atoms with E-state index in [9.17, 15) is 10.3 Å². The lowest BCUT2D eigenvalue weighted by molar-refractivity contribution is -0.215. The third-order valence-electron chi connectivity index (χ3n) is 2.32. The lowest BCUT2D eigenvalue weighted by Crippen LogP contribution is -2.53. The van der Waals surface area contributed by atoms with Crippen LogP contribution in [-0.4, -0.2) is 32.5 Å². The van der Waals surface area contributed by atoms with Crippen LogP contribution in [0.1, 0.15) is 27.7 Å². The van der Waals surface area contributed by atoms with Crippen molar-refractivity contribution in [2.75, 3.05) is 0 Å². The van der Waals surface area contributed by atoms with Gasteiger partial charge in [-0.1, -0.05) is 0 Å². The standard InChI is InChI=1S/C7H14N2O2/c1-5-8-6(2,3)7(4,10)9(5)11/h10-11H,1-4H3. The summed E-state index contributed by atoms with van der Waals surface area (Å²) < 4.78 is 0. The van der Waals surface area contributed by atoms with Crippen LogP contribution < -0.4 is 0 Å². The molecule has 0 bridgehead atoms. The number of hydrogen-bond donors (Lipinski definition) is 2. The van der Waals surface area contributed by atoms with Crippen molar-refractivity contribution < 1.29 is 10.3 Å². The van der Waals surface area contributed by atoms with Crippen molar-refractivity contribution in [3.05, 3.63) is 0 Å². The maximum Gasteiger partial charge on any atom is 0.185 e. The summed E-state index contributed by atoms with van der Waals surface area (Å²) in [4.78, 5) is 4.10. The van der Waals surface area contributed by atoms with E-state index in [-0.39, 0.29) is 0 Å². The molecule has 0 aliphatic carbocycles. The molecule has 1 unspecified atom stereocenters. The van der Waals surface area contributed by atoms with Crippen LogP contribution in [0.2, 0.25) is 0 Å². The first kappa shape index (κ1) is 8.49. The topological polar surface area (TPSA) is 56.1 Å². The van der Waals surface area contributed by atoms with E-state index in [2.05, 4.69) is 4.99 Å². The summed E-state index contributed by atoms with van der Waals surface area (Å²) in [6, 6.07) is 0. The van der Waals surface area contributed by atoms with Crippen LogP contribution in [0, 0.1) is 0 Å². The van der Waals surface area contributed by atoms with E-state index in [1.165, 1.54) is 6.92 Å². The summed E-state index contributed by atoms with van der Waals surface area (Å²) >= 11 is 0. The van der Waals surface area contributed by atoms with Crippen molar-refractivity contribution in [3.8, 4) is 0 Å². The fourth-order valence-electron chi connectivity index (χ4n) is 1.13. The molecule has 0 spiro atoms. The van der Waals surface area contributed by atoms with Crippen LogP contribution in [0.3, 0.4) is 0 Å². The number of rotatable bonds is 0. The molecule has 0 fully saturated rings. The highest BCUT2D eigenvalue weighted by Crippen LogP contribution is 2.33. The molecule has 0 amide bonds. The van der Waals surface area contributed by atoms with E-state index >= 15 is 0 Å². The zero-order chi connectivity index (χ0) is 8.86. The Hall–Kier alpha value is -0.610. The molecule has 1 heterocycles. The first-order chi connectivity index (χ1) is 4.79. The summed E-state index contributed by atoms with van der Waals surface area (Å²) in [6.45, 7) is 6.73. The minimum absolute atomic E-state index is 0.444. The van der Waals surface area contributed by atoms with Crippen LogP contribution in [0.4, 0.5) is 0 Å². The van der Waals surface area contributed by atoms with E-state index in [1.807, 2.05) is 0 Å². The van der Waals surface area contributed by atoms with E-state index in [0.29, 0.717) is 5.84 Å². The normalized spacial score (nSPS) is 35.8. The minimum atomic E-state index is -1.29. The zero-order valence-corrected chi connectivity index (χ0v) is 7.29. The third-order valence-corrected chi connectivity index (χ3v) is 2.32. The molecular weight excluding hydrogens is 144 g/mol. The van der Waals surface area contributed by atoms with E-state index in [4.69, 9.17) is 0 Å². The highest BCUT2D eigenvalue weighted by molar-refractivity contribution is 5.81. The van der Waals surface area contributed by atoms with Gasteiger partial charge in [0.05, 0.1) is 0 Å². The highest BCUT2D eigenvalue weighted by atomic mass is 16.5. The molecule has 1 rings (SSSR count). The van der Waals surface area contributed by atoms with Gasteiger partial charge < -0.3 is 5.11 Å². The third kappa shape index (κ3) is 0.937. The number of aliphatic hydroxyl groups is 1. The highest BCUT2D eigenvalue weighted by Gasteiger charge is 2.49. The zero-order valence-electron chi connectivity index (χ0n) is 7.29. The monoisotopic (exact) mass is 158 g/mol. The van der Waals surface area contributed by atoms with Gasteiger partial charge in [0.25, 0.3) is 0 Å². The van der Waals surface area contributed by atoms with Gasteiger partial charge in [-0.15, -0.1) is 0 Å². The Morgan fingerprint density at radius 1 is 1.36 bits per heavy atom. The van der Waals surface area contributed by atoms with Gasteiger partial charge in [0, 0.05) is 0 Å². The molecule has 64 valence electrons. The van der Waals surface area contributed by atoms with Crippen molar-refractivity contribution in [1.82, 2.24) is 5.06 Å². The Bertz CT molecular complexity index is 208. The van der Waals surface area contributed by atoms with Crippen molar-refractivity contribution >= 4 is 5.84 Å². The smallest absolute Gasteiger partial charge is 0.185 e. The number of nitrogens with zero attached hydrogens (tertiary/aromatic N) is 2. The molecule has 1 aliphatic heterocycles. The molecule has 0 aromatic rings. The van der Waals surface area contributed by atoms with E-state index in [1.54, 1.807) is 20.8 Å². The van der Waals surface area contributed by atoms with Crippen LogP contribution in [0.25, 0.3) is 0 Å². The number of hydrogen-bond acceptors (Lipinski definition) is 4. The molecule has 4 nitrogen and oxygen atoms in total. The molecule has 2 N–H and O–H groups in total. The molecule has 0 aromatic carbocycles. The summed E-state index contributed by atoms with van der Waals surface area (Å²) in [5, 5.41) is 19.8. The van der Waals surface area contributed by atoms with Gasteiger partial charge >= 0.3 is 0 Å². The quantitative estimate of drug-likeness (QED) is 0.542. The second-order valence-corrected chi connectivity index (χ2v) is 3.55. The average Bonchev–Trinajstić information content (AvgIpc) is 1.93. The Balaban J connectivity index is 3.05. The predicted octanol–water partition coefficient (Wildman–Crippen LogP) is 0.597. The maximum absolute atomic E-state index is 9.72. The summed E-state index contributed by atoms with van der Waals surface area (Å²) in [5.41, 5.74) is -1.94. The first-order valence-electron chi connectivity index (χ1n) is 3.57. The predicted molar refractivity (Wildman–Crippen MR) is 41.4 cm³/mol. The average molecular weight is 158 g/mol. The van der Waals surface area contributed by atoms with Crippen molar-refractivity contribution in [2.24, 2.45) is 4.99 Å². The summed E-state index contributed by atoms with van der Waals surface area (Å²) in [6.07, 6.45) is 0. The second-order valence-electron chi connectivity index (χ2n) is 3.55. The number of amidine groups is 1. The lowest BCUT2D eigenvalue weighted by atomic mass is 9.94.